The van der Waals surface area contributed by atoms with Crippen LogP contribution in [0.25, 0.3) is 0 Å². The van der Waals surface area contributed by atoms with Crippen molar-refractivity contribution in [3.8, 4) is 0 Å². The second-order valence-electron chi connectivity index (χ2n) is 4.33. The normalized spacial score (nSPS) is 12.1. The molecule has 0 unspecified atom stereocenters. The molecule has 0 saturated carbocycles. The maximum atomic E-state index is 10.3. The van der Waals surface area contributed by atoms with E-state index in [9.17, 15) is 4.79 Å². The molecular formula is C16H26O2. The molecule has 0 bridgehead atoms. The van der Waals surface area contributed by atoms with Gasteiger partial charge in [0.05, 0.1) is 0 Å². The van der Waals surface area contributed by atoms with E-state index in [4.69, 9.17) is 5.11 Å². The van der Waals surface area contributed by atoms with Crippen LogP contribution in [0.15, 0.2) is 36.5 Å². The van der Waals surface area contributed by atoms with Gasteiger partial charge in [-0.05, 0) is 39.0 Å². The van der Waals surface area contributed by atoms with Gasteiger partial charge < -0.3 is 5.11 Å². The lowest BCUT2D eigenvalue weighted by Gasteiger charge is -1.96. The zero-order chi connectivity index (χ0) is 13.5. The smallest absolute Gasteiger partial charge is 0.303 e. The third kappa shape index (κ3) is 14.7. The molecule has 2 nitrogen and oxygen atoms in total. The molecule has 2 heteroatoms. The second kappa shape index (κ2) is 13.8. The highest BCUT2D eigenvalue weighted by atomic mass is 16.4. The third-order valence-electron chi connectivity index (χ3n) is 2.62. The van der Waals surface area contributed by atoms with Crippen molar-refractivity contribution >= 4 is 5.97 Å². The average Bonchev–Trinajstić information content (AvgIpc) is 2.34. The van der Waals surface area contributed by atoms with E-state index >= 15 is 0 Å². The van der Waals surface area contributed by atoms with E-state index in [2.05, 4.69) is 36.5 Å². The van der Waals surface area contributed by atoms with Gasteiger partial charge in [-0.15, -0.1) is 0 Å². The highest BCUT2D eigenvalue weighted by Crippen LogP contribution is 2.06. The van der Waals surface area contributed by atoms with Crippen LogP contribution in [0.1, 0.15) is 58.3 Å². The molecule has 0 saturated heterocycles. The first-order chi connectivity index (χ1) is 8.77. The zero-order valence-corrected chi connectivity index (χ0v) is 11.5. The molecule has 0 aromatic rings. The Hall–Kier alpha value is -1.31. The molecule has 0 fully saturated rings. The van der Waals surface area contributed by atoms with Crippen LogP contribution >= 0.6 is 0 Å². The number of unbranched alkanes of at least 4 members (excludes halogenated alkanes) is 4. The van der Waals surface area contributed by atoms with Crippen molar-refractivity contribution in [2.24, 2.45) is 0 Å². The van der Waals surface area contributed by atoms with Crippen LogP contribution in [0.5, 0.6) is 0 Å². The molecule has 0 aliphatic carbocycles. The Morgan fingerprint density at radius 2 is 1.50 bits per heavy atom. The summed E-state index contributed by atoms with van der Waals surface area (Å²) in [6.07, 6.45) is 20.6. The minimum Gasteiger partial charge on any atom is -0.481 e. The minimum absolute atomic E-state index is 0.312. The summed E-state index contributed by atoms with van der Waals surface area (Å²) in [6.45, 7) is 2.03. The summed E-state index contributed by atoms with van der Waals surface area (Å²) < 4.78 is 0. The summed E-state index contributed by atoms with van der Waals surface area (Å²) in [6, 6.07) is 0. The molecule has 0 rings (SSSR count). The first-order valence-electron chi connectivity index (χ1n) is 6.90. The van der Waals surface area contributed by atoms with Crippen molar-refractivity contribution in [2.75, 3.05) is 0 Å². The lowest BCUT2D eigenvalue weighted by Crippen LogP contribution is -1.93. The summed E-state index contributed by atoms with van der Waals surface area (Å²) >= 11 is 0. The van der Waals surface area contributed by atoms with Gasteiger partial charge in [0.15, 0.2) is 0 Å². The molecule has 0 aliphatic heterocycles. The van der Waals surface area contributed by atoms with Gasteiger partial charge in [-0.2, -0.15) is 0 Å². The summed E-state index contributed by atoms with van der Waals surface area (Å²) in [5.74, 6) is -0.681. The van der Waals surface area contributed by atoms with Crippen molar-refractivity contribution in [2.45, 2.75) is 58.3 Å². The fraction of sp³-hybridized carbons (Fsp3) is 0.562. The number of hydrogen-bond acceptors (Lipinski definition) is 1. The lowest BCUT2D eigenvalue weighted by molar-refractivity contribution is -0.137. The van der Waals surface area contributed by atoms with Gasteiger partial charge in [0, 0.05) is 6.42 Å². The molecule has 0 aliphatic rings. The van der Waals surface area contributed by atoms with Crippen LogP contribution in [0.3, 0.4) is 0 Å². The SMILES string of the molecule is CC=CCC=CCC=CCCCCCCC(=O)O. The van der Waals surface area contributed by atoms with E-state index in [0.717, 1.165) is 38.5 Å². The molecule has 0 heterocycles. The third-order valence-corrected chi connectivity index (χ3v) is 2.62. The maximum Gasteiger partial charge on any atom is 0.303 e. The number of aliphatic carboxylic acids is 1. The Bertz CT molecular complexity index is 275. The molecule has 0 spiro atoms. The topological polar surface area (TPSA) is 37.3 Å². The molecule has 0 aromatic carbocycles. The van der Waals surface area contributed by atoms with Gasteiger partial charge >= 0.3 is 5.97 Å². The van der Waals surface area contributed by atoms with Gasteiger partial charge in [-0.3, -0.25) is 4.79 Å². The van der Waals surface area contributed by atoms with E-state index in [1.54, 1.807) is 0 Å². The van der Waals surface area contributed by atoms with E-state index in [0.29, 0.717) is 6.42 Å². The average molecular weight is 250 g/mol. The maximum absolute atomic E-state index is 10.3. The van der Waals surface area contributed by atoms with Gasteiger partial charge in [-0.1, -0.05) is 49.3 Å². The molecule has 0 aromatic heterocycles. The summed E-state index contributed by atoms with van der Waals surface area (Å²) in [7, 11) is 0. The predicted octanol–water partition coefficient (Wildman–Crippen LogP) is 4.88. The van der Waals surface area contributed by atoms with Crippen LogP contribution < -0.4 is 0 Å². The Kier molecular flexibility index (Phi) is 12.8. The summed E-state index contributed by atoms with van der Waals surface area (Å²) in [4.78, 5) is 10.3. The Labute approximate surface area is 111 Å². The number of carbonyl (C=O) groups is 1. The molecule has 18 heavy (non-hydrogen) atoms. The fourth-order valence-corrected chi connectivity index (χ4v) is 1.59. The highest BCUT2D eigenvalue weighted by Gasteiger charge is 1.95. The molecule has 1 N–H and O–H groups in total. The first-order valence-corrected chi connectivity index (χ1v) is 6.90. The van der Waals surface area contributed by atoms with Gasteiger partial charge in [0.2, 0.25) is 0 Å². The monoisotopic (exact) mass is 250 g/mol. The zero-order valence-electron chi connectivity index (χ0n) is 11.5. The minimum atomic E-state index is -0.681. The largest absolute Gasteiger partial charge is 0.481 e. The van der Waals surface area contributed by atoms with Crippen molar-refractivity contribution in [1.29, 1.82) is 0 Å². The van der Waals surface area contributed by atoms with Crippen LogP contribution in [0.4, 0.5) is 0 Å². The molecule has 0 radical (unpaired) electrons. The van der Waals surface area contributed by atoms with Crippen molar-refractivity contribution < 1.29 is 9.90 Å². The molecule has 102 valence electrons. The van der Waals surface area contributed by atoms with Gasteiger partial charge in [0.1, 0.15) is 0 Å². The Balaban J connectivity index is 3.23. The fourth-order valence-electron chi connectivity index (χ4n) is 1.59. The molecular weight excluding hydrogens is 224 g/mol. The Morgan fingerprint density at radius 3 is 2.17 bits per heavy atom. The van der Waals surface area contributed by atoms with Gasteiger partial charge in [0.25, 0.3) is 0 Å². The van der Waals surface area contributed by atoms with Crippen LogP contribution in [0.2, 0.25) is 0 Å². The van der Waals surface area contributed by atoms with Crippen molar-refractivity contribution in [3.63, 3.8) is 0 Å². The standard InChI is InChI=1S/C16H26O2/c1-2-3-4-5-6-7-8-9-10-11-12-13-14-15-16(17)18/h2-3,5-6,8-9H,4,7,10-15H2,1H3,(H,17,18). The highest BCUT2D eigenvalue weighted by molar-refractivity contribution is 5.66. The number of allylic oxidation sites excluding steroid dienone is 6. The summed E-state index contributed by atoms with van der Waals surface area (Å²) in [5, 5.41) is 8.47. The lowest BCUT2D eigenvalue weighted by atomic mass is 10.1. The molecule has 0 amide bonds. The molecule has 0 atom stereocenters. The number of carboxylic acid groups (broad SMARTS) is 1. The number of carboxylic acids is 1. The van der Waals surface area contributed by atoms with Crippen molar-refractivity contribution in [1.82, 2.24) is 0 Å². The van der Waals surface area contributed by atoms with E-state index in [1.807, 2.05) is 6.92 Å². The first kappa shape index (κ1) is 16.7. The van der Waals surface area contributed by atoms with Crippen LogP contribution in [-0.4, -0.2) is 11.1 Å². The number of hydrogen-bond donors (Lipinski definition) is 1. The van der Waals surface area contributed by atoms with E-state index < -0.39 is 5.97 Å². The van der Waals surface area contributed by atoms with Crippen LogP contribution in [-0.2, 0) is 4.79 Å². The summed E-state index contributed by atoms with van der Waals surface area (Å²) in [5.41, 5.74) is 0. The van der Waals surface area contributed by atoms with Gasteiger partial charge in [-0.25, -0.2) is 0 Å². The van der Waals surface area contributed by atoms with Crippen molar-refractivity contribution in [3.05, 3.63) is 36.5 Å². The predicted molar refractivity (Wildman–Crippen MR) is 77.7 cm³/mol. The second-order valence-corrected chi connectivity index (χ2v) is 4.33. The van der Waals surface area contributed by atoms with Crippen LogP contribution in [0, 0.1) is 0 Å². The Morgan fingerprint density at radius 1 is 0.889 bits per heavy atom. The van der Waals surface area contributed by atoms with E-state index in [1.165, 1.54) is 6.42 Å². The number of rotatable bonds is 11. The van der Waals surface area contributed by atoms with E-state index in [-0.39, 0.29) is 0 Å². The quantitative estimate of drug-likeness (QED) is 0.419.